The molecule has 0 fully saturated rings. The molecular formula is C24H18N2O2. The average molecular weight is 366 g/mol. The van der Waals surface area contributed by atoms with Gasteiger partial charge in [-0.1, -0.05) is 54.1 Å². The van der Waals surface area contributed by atoms with Crippen molar-refractivity contribution in [3.8, 4) is 11.1 Å². The van der Waals surface area contributed by atoms with Gasteiger partial charge in [0.15, 0.2) is 5.78 Å². The van der Waals surface area contributed by atoms with Crippen molar-refractivity contribution in [2.24, 2.45) is 7.05 Å². The molecule has 0 spiro atoms. The normalized spacial score (nSPS) is 12.1. The Morgan fingerprint density at radius 2 is 1.46 bits per heavy atom. The van der Waals surface area contributed by atoms with Crippen LogP contribution >= 0.6 is 0 Å². The summed E-state index contributed by atoms with van der Waals surface area (Å²) in [5.74, 6) is -0.00589. The van der Waals surface area contributed by atoms with Crippen LogP contribution in [-0.2, 0) is 7.05 Å². The molecule has 1 heterocycles. The number of fused-ring (bicyclic) bond motifs is 2. The van der Waals surface area contributed by atoms with Gasteiger partial charge < -0.3 is 9.88 Å². The van der Waals surface area contributed by atoms with E-state index in [1.165, 1.54) is 0 Å². The predicted molar refractivity (Wildman–Crippen MR) is 113 cm³/mol. The van der Waals surface area contributed by atoms with Gasteiger partial charge >= 0.3 is 0 Å². The molecule has 0 bridgehead atoms. The maximum absolute atomic E-state index is 13.3. The molecule has 1 N–H and O–H groups in total. The molecule has 28 heavy (non-hydrogen) atoms. The van der Waals surface area contributed by atoms with Gasteiger partial charge in [0.1, 0.15) is 5.69 Å². The number of benzene rings is 3. The standard InChI is InChI=1S/C24H18N2O2/c1-14-10-12-15(13-11-14)25-22-21-16-6-3-4-7-17(16)23(27)18-8-5-9-19(20(18)21)26(2)24(22)28/h3-13,25H,1-2H3. The Morgan fingerprint density at radius 3 is 2.21 bits per heavy atom. The van der Waals surface area contributed by atoms with Crippen molar-refractivity contribution in [3.05, 3.63) is 93.8 Å². The summed E-state index contributed by atoms with van der Waals surface area (Å²) in [4.78, 5) is 26.4. The van der Waals surface area contributed by atoms with Crippen LogP contribution in [0.4, 0.5) is 11.4 Å². The van der Waals surface area contributed by atoms with Gasteiger partial charge in [0.05, 0.1) is 5.52 Å². The van der Waals surface area contributed by atoms with E-state index >= 15 is 0 Å². The zero-order valence-electron chi connectivity index (χ0n) is 15.6. The molecule has 0 atom stereocenters. The highest BCUT2D eigenvalue weighted by atomic mass is 16.1. The fourth-order valence-corrected chi connectivity index (χ4v) is 3.99. The molecule has 0 radical (unpaired) electrons. The maximum atomic E-state index is 13.3. The number of carbonyl (C=O) groups is 1. The Balaban J connectivity index is 1.91. The van der Waals surface area contributed by atoms with Crippen LogP contribution in [0, 0.1) is 6.92 Å². The zero-order valence-corrected chi connectivity index (χ0v) is 15.6. The molecule has 0 aliphatic heterocycles. The first-order chi connectivity index (χ1) is 13.6. The molecule has 5 rings (SSSR count). The van der Waals surface area contributed by atoms with Crippen LogP contribution in [0.2, 0.25) is 0 Å². The van der Waals surface area contributed by atoms with Gasteiger partial charge in [0, 0.05) is 34.8 Å². The molecule has 0 saturated carbocycles. The van der Waals surface area contributed by atoms with Crippen molar-refractivity contribution >= 4 is 28.1 Å². The van der Waals surface area contributed by atoms with E-state index in [0.717, 1.165) is 33.3 Å². The van der Waals surface area contributed by atoms with Gasteiger partial charge in [-0.25, -0.2) is 0 Å². The van der Waals surface area contributed by atoms with Crippen LogP contribution < -0.4 is 10.9 Å². The van der Waals surface area contributed by atoms with E-state index in [1.54, 1.807) is 11.6 Å². The number of nitrogens with one attached hydrogen (secondary N) is 1. The number of rotatable bonds is 2. The van der Waals surface area contributed by atoms with E-state index in [4.69, 9.17) is 0 Å². The average Bonchev–Trinajstić information content (AvgIpc) is 2.72. The lowest BCUT2D eigenvalue weighted by Crippen LogP contribution is -2.24. The third-order valence-electron chi connectivity index (χ3n) is 5.43. The van der Waals surface area contributed by atoms with E-state index in [0.29, 0.717) is 16.8 Å². The second-order valence-corrected chi connectivity index (χ2v) is 7.18. The number of aromatic nitrogens is 1. The number of hydrogen-bond donors (Lipinski definition) is 1. The van der Waals surface area contributed by atoms with Crippen molar-refractivity contribution in [2.75, 3.05) is 5.32 Å². The molecular weight excluding hydrogens is 348 g/mol. The zero-order chi connectivity index (χ0) is 19.4. The second-order valence-electron chi connectivity index (χ2n) is 7.18. The van der Waals surface area contributed by atoms with E-state index in [9.17, 15) is 9.59 Å². The number of carbonyl (C=O) groups excluding carboxylic acids is 1. The monoisotopic (exact) mass is 366 g/mol. The fraction of sp³-hybridized carbons (Fsp3) is 0.0833. The Labute approximate surface area is 162 Å². The molecule has 0 unspecified atom stereocenters. The summed E-state index contributed by atoms with van der Waals surface area (Å²) >= 11 is 0. The molecule has 4 heteroatoms. The van der Waals surface area contributed by atoms with Gasteiger partial charge in [0.2, 0.25) is 0 Å². The van der Waals surface area contributed by atoms with E-state index in [-0.39, 0.29) is 11.3 Å². The minimum Gasteiger partial charge on any atom is -0.350 e. The van der Waals surface area contributed by atoms with Crippen LogP contribution in [0.15, 0.2) is 71.5 Å². The van der Waals surface area contributed by atoms with Crippen molar-refractivity contribution in [3.63, 3.8) is 0 Å². The summed E-state index contributed by atoms with van der Waals surface area (Å²) in [5.41, 5.74) is 5.97. The first-order valence-electron chi connectivity index (χ1n) is 9.20. The Kier molecular flexibility index (Phi) is 3.49. The Morgan fingerprint density at radius 1 is 0.786 bits per heavy atom. The highest BCUT2D eigenvalue weighted by Crippen LogP contribution is 2.42. The quantitative estimate of drug-likeness (QED) is 0.488. The lowest BCUT2D eigenvalue weighted by Gasteiger charge is -2.24. The molecule has 4 aromatic rings. The number of nitrogens with zero attached hydrogens (tertiary/aromatic N) is 1. The summed E-state index contributed by atoms with van der Waals surface area (Å²) in [6, 6.07) is 21.0. The summed E-state index contributed by atoms with van der Waals surface area (Å²) in [7, 11) is 1.75. The number of anilines is 2. The highest BCUT2D eigenvalue weighted by molar-refractivity contribution is 6.27. The topological polar surface area (TPSA) is 51.1 Å². The van der Waals surface area contributed by atoms with Crippen LogP contribution in [0.25, 0.3) is 22.0 Å². The lowest BCUT2D eigenvalue weighted by molar-refractivity contribution is 0.104. The molecule has 4 nitrogen and oxygen atoms in total. The molecule has 136 valence electrons. The van der Waals surface area contributed by atoms with Crippen molar-refractivity contribution in [1.82, 2.24) is 4.57 Å². The van der Waals surface area contributed by atoms with Gasteiger partial charge in [-0.15, -0.1) is 0 Å². The Bertz CT molecular complexity index is 1330. The lowest BCUT2D eigenvalue weighted by atomic mass is 9.83. The van der Waals surface area contributed by atoms with E-state index in [1.807, 2.05) is 73.7 Å². The summed E-state index contributed by atoms with van der Waals surface area (Å²) in [6.07, 6.45) is 0. The molecule has 3 aromatic carbocycles. The van der Waals surface area contributed by atoms with Crippen molar-refractivity contribution in [2.45, 2.75) is 6.92 Å². The molecule has 1 aromatic heterocycles. The minimum absolute atomic E-state index is 0.00589. The van der Waals surface area contributed by atoms with Crippen LogP contribution in [0.1, 0.15) is 21.5 Å². The first kappa shape index (κ1) is 16.5. The van der Waals surface area contributed by atoms with Gasteiger partial charge in [-0.05, 0) is 30.7 Å². The molecule has 0 amide bonds. The maximum Gasteiger partial charge on any atom is 0.275 e. The van der Waals surface area contributed by atoms with Crippen molar-refractivity contribution in [1.29, 1.82) is 0 Å². The summed E-state index contributed by atoms with van der Waals surface area (Å²) in [5, 5.41) is 4.15. The van der Waals surface area contributed by atoms with Crippen LogP contribution in [0.5, 0.6) is 0 Å². The number of pyridine rings is 1. The van der Waals surface area contributed by atoms with Gasteiger partial charge in [-0.3, -0.25) is 9.59 Å². The fourth-order valence-electron chi connectivity index (χ4n) is 3.99. The highest BCUT2D eigenvalue weighted by Gasteiger charge is 2.29. The number of aryl methyl sites for hydroxylation is 2. The molecule has 1 aliphatic rings. The largest absolute Gasteiger partial charge is 0.350 e. The second kappa shape index (κ2) is 5.92. The van der Waals surface area contributed by atoms with Crippen molar-refractivity contribution < 1.29 is 4.79 Å². The molecule has 1 aliphatic carbocycles. The van der Waals surface area contributed by atoms with Gasteiger partial charge in [0.25, 0.3) is 5.56 Å². The van der Waals surface area contributed by atoms with Crippen LogP contribution in [0.3, 0.4) is 0 Å². The first-order valence-corrected chi connectivity index (χ1v) is 9.20. The summed E-state index contributed by atoms with van der Waals surface area (Å²) < 4.78 is 1.61. The number of ketones is 1. The van der Waals surface area contributed by atoms with E-state index < -0.39 is 0 Å². The van der Waals surface area contributed by atoms with Crippen LogP contribution in [-0.4, -0.2) is 10.4 Å². The molecule has 0 saturated heterocycles. The smallest absolute Gasteiger partial charge is 0.275 e. The third kappa shape index (κ3) is 2.24. The number of hydrogen-bond acceptors (Lipinski definition) is 3. The van der Waals surface area contributed by atoms with E-state index in [2.05, 4.69) is 5.32 Å². The van der Waals surface area contributed by atoms with Gasteiger partial charge in [-0.2, -0.15) is 0 Å². The third-order valence-corrected chi connectivity index (χ3v) is 5.43. The minimum atomic E-state index is -0.121. The Hall–Kier alpha value is -3.66. The summed E-state index contributed by atoms with van der Waals surface area (Å²) in [6.45, 7) is 2.02. The SMILES string of the molecule is Cc1ccc(Nc2c3c4c(cccc4n(C)c2=O)C(=O)c2ccccc2-3)cc1. The predicted octanol–water partition coefficient (Wildman–Crippen LogP) is 4.80.